The zero-order valence-corrected chi connectivity index (χ0v) is 12.9. The van der Waals surface area contributed by atoms with Crippen molar-refractivity contribution in [2.24, 2.45) is 0 Å². The van der Waals surface area contributed by atoms with Crippen molar-refractivity contribution in [2.75, 3.05) is 11.9 Å². The van der Waals surface area contributed by atoms with Crippen LogP contribution in [-0.2, 0) is 0 Å². The molecule has 6 nitrogen and oxygen atoms in total. The first-order valence-corrected chi connectivity index (χ1v) is 7.37. The minimum absolute atomic E-state index is 0.0672. The van der Waals surface area contributed by atoms with Crippen molar-refractivity contribution in [2.45, 2.75) is 6.92 Å². The molecule has 0 radical (unpaired) electrons. The van der Waals surface area contributed by atoms with E-state index in [0.717, 1.165) is 11.3 Å². The number of ether oxygens (including phenoxy) is 1. The third-order valence-electron chi connectivity index (χ3n) is 3.31. The normalized spacial score (nSPS) is 10.4. The Labute approximate surface area is 137 Å². The van der Waals surface area contributed by atoms with Crippen LogP contribution in [0.25, 0.3) is 11.3 Å². The van der Waals surface area contributed by atoms with Gasteiger partial charge in [-0.1, -0.05) is 6.07 Å². The molecule has 0 saturated carbocycles. The van der Waals surface area contributed by atoms with Gasteiger partial charge in [-0.3, -0.25) is 14.9 Å². The molecular weight excluding hydrogens is 311 g/mol. The summed E-state index contributed by atoms with van der Waals surface area (Å²) in [6.07, 6.45) is 3.32. The summed E-state index contributed by atoms with van der Waals surface area (Å²) in [6.45, 7) is 1.98. The number of nitrogens with one attached hydrogen (secondary N) is 2. The van der Waals surface area contributed by atoms with Crippen LogP contribution in [0.15, 0.2) is 48.8 Å². The van der Waals surface area contributed by atoms with Crippen LogP contribution in [0.3, 0.4) is 0 Å². The van der Waals surface area contributed by atoms with Gasteiger partial charge < -0.3 is 10.1 Å². The average molecular weight is 326 g/mol. The van der Waals surface area contributed by atoms with Gasteiger partial charge in [0.2, 0.25) is 0 Å². The van der Waals surface area contributed by atoms with Gasteiger partial charge in [0.05, 0.1) is 17.9 Å². The van der Waals surface area contributed by atoms with Gasteiger partial charge >= 0.3 is 0 Å². The zero-order chi connectivity index (χ0) is 16.9. The van der Waals surface area contributed by atoms with Gasteiger partial charge in [-0.25, -0.2) is 4.39 Å². The van der Waals surface area contributed by atoms with E-state index in [1.54, 1.807) is 25.4 Å². The summed E-state index contributed by atoms with van der Waals surface area (Å²) in [5.74, 6) is -0.810. The predicted octanol–water partition coefficient (Wildman–Crippen LogP) is 3.26. The molecule has 2 heterocycles. The highest BCUT2D eigenvalue weighted by molar-refractivity contribution is 6.06. The molecule has 2 N–H and O–H groups in total. The van der Waals surface area contributed by atoms with E-state index in [9.17, 15) is 9.18 Å². The molecule has 2 aromatic heterocycles. The molecule has 0 unspecified atom stereocenters. The number of aromatic nitrogens is 3. The fourth-order valence-electron chi connectivity index (χ4n) is 2.23. The lowest BCUT2D eigenvalue weighted by Gasteiger charge is -2.10. The second-order valence-corrected chi connectivity index (χ2v) is 4.91. The zero-order valence-electron chi connectivity index (χ0n) is 12.9. The first-order valence-electron chi connectivity index (χ1n) is 7.37. The van der Waals surface area contributed by atoms with Crippen LogP contribution in [0.2, 0.25) is 0 Å². The molecule has 3 aromatic rings. The van der Waals surface area contributed by atoms with Crippen molar-refractivity contribution in [3.05, 3.63) is 60.2 Å². The maximum Gasteiger partial charge on any atom is 0.260 e. The standard InChI is InChI=1S/C17H15FN4O2/c1-2-24-16-12(4-3-5-13(16)18)17(23)20-15-10-14(21-22-15)11-6-8-19-9-7-11/h3-10H,2H2,1H3,(H2,20,21,22,23). The molecule has 7 heteroatoms. The van der Waals surface area contributed by atoms with Crippen LogP contribution in [0, 0.1) is 5.82 Å². The monoisotopic (exact) mass is 326 g/mol. The van der Waals surface area contributed by atoms with Gasteiger partial charge in [-0.15, -0.1) is 0 Å². The molecule has 0 aliphatic rings. The summed E-state index contributed by atoms with van der Waals surface area (Å²) in [4.78, 5) is 16.3. The number of aromatic amines is 1. The molecule has 0 fully saturated rings. The molecule has 24 heavy (non-hydrogen) atoms. The minimum Gasteiger partial charge on any atom is -0.490 e. The molecule has 122 valence electrons. The fourth-order valence-corrected chi connectivity index (χ4v) is 2.23. The molecule has 0 atom stereocenters. The van der Waals surface area contributed by atoms with E-state index >= 15 is 0 Å². The number of para-hydroxylation sites is 1. The number of carbonyl (C=O) groups is 1. The third kappa shape index (κ3) is 3.24. The summed E-state index contributed by atoms with van der Waals surface area (Å²) in [5, 5.41) is 9.51. The lowest BCUT2D eigenvalue weighted by Crippen LogP contribution is -2.14. The van der Waals surface area contributed by atoms with Gasteiger partial charge in [0.25, 0.3) is 5.91 Å². The van der Waals surface area contributed by atoms with Gasteiger partial charge in [0, 0.05) is 24.0 Å². The van der Waals surface area contributed by atoms with Crippen LogP contribution in [-0.4, -0.2) is 27.7 Å². The van der Waals surface area contributed by atoms with Crippen molar-refractivity contribution in [3.8, 4) is 17.0 Å². The van der Waals surface area contributed by atoms with Crippen molar-refractivity contribution in [1.82, 2.24) is 15.2 Å². The Bertz CT molecular complexity index is 849. The van der Waals surface area contributed by atoms with E-state index in [1.165, 1.54) is 18.2 Å². The van der Waals surface area contributed by atoms with Crippen LogP contribution < -0.4 is 10.1 Å². The molecular formula is C17H15FN4O2. The number of nitrogens with zero attached hydrogens (tertiary/aromatic N) is 2. The lowest BCUT2D eigenvalue weighted by atomic mass is 10.1. The SMILES string of the molecule is CCOc1c(F)cccc1C(=O)Nc1cc(-c2ccncc2)[nH]n1. The van der Waals surface area contributed by atoms with Gasteiger partial charge in [-0.2, -0.15) is 5.10 Å². The number of rotatable bonds is 5. The Morgan fingerprint density at radius 3 is 2.83 bits per heavy atom. The largest absolute Gasteiger partial charge is 0.490 e. The summed E-state index contributed by atoms with van der Waals surface area (Å²) < 4.78 is 19.1. The van der Waals surface area contributed by atoms with Crippen LogP contribution >= 0.6 is 0 Å². The predicted molar refractivity (Wildman–Crippen MR) is 87.3 cm³/mol. The first-order chi connectivity index (χ1) is 11.7. The number of benzene rings is 1. The van der Waals surface area contributed by atoms with Gasteiger partial charge in [0.15, 0.2) is 17.4 Å². The molecule has 1 amide bonds. The maximum absolute atomic E-state index is 13.8. The van der Waals surface area contributed by atoms with Crippen LogP contribution in [0.4, 0.5) is 10.2 Å². The second-order valence-electron chi connectivity index (χ2n) is 4.91. The van der Waals surface area contributed by atoms with E-state index in [0.29, 0.717) is 5.82 Å². The molecule has 0 bridgehead atoms. The van der Waals surface area contributed by atoms with E-state index in [-0.39, 0.29) is 17.9 Å². The molecule has 0 aliphatic carbocycles. The number of pyridine rings is 1. The number of amides is 1. The summed E-state index contributed by atoms with van der Waals surface area (Å²) >= 11 is 0. The van der Waals surface area contributed by atoms with Crippen LogP contribution in [0.1, 0.15) is 17.3 Å². The molecule has 0 spiro atoms. The Hall–Kier alpha value is -3.22. The van der Waals surface area contributed by atoms with Gasteiger partial charge in [-0.05, 0) is 31.2 Å². The highest BCUT2D eigenvalue weighted by atomic mass is 19.1. The van der Waals surface area contributed by atoms with Crippen molar-refractivity contribution >= 4 is 11.7 Å². The molecule has 1 aromatic carbocycles. The highest BCUT2D eigenvalue weighted by Crippen LogP contribution is 2.24. The Morgan fingerprint density at radius 2 is 2.08 bits per heavy atom. The Kier molecular flexibility index (Phi) is 4.51. The maximum atomic E-state index is 13.8. The van der Waals surface area contributed by atoms with E-state index < -0.39 is 11.7 Å². The molecule has 0 saturated heterocycles. The number of H-pyrrole nitrogens is 1. The number of hydrogen-bond donors (Lipinski definition) is 2. The topological polar surface area (TPSA) is 79.9 Å². The Morgan fingerprint density at radius 1 is 1.29 bits per heavy atom. The molecule has 0 aliphatic heterocycles. The first kappa shape index (κ1) is 15.7. The van der Waals surface area contributed by atoms with Crippen molar-refractivity contribution < 1.29 is 13.9 Å². The number of halogens is 1. The quantitative estimate of drug-likeness (QED) is 0.754. The highest BCUT2D eigenvalue weighted by Gasteiger charge is 2.17. The van der Waals surface area contributed by atoms with E-state index in [4.69, 9.17) is 4.74 Å². The second kappa shape index (κ2) is 6.91. The number of hydrogen-bond acceptors (Lipinski definition) is 4. The average Bonchev–Trinajstić information content (AvgIpc) is 3.06. The third-order valence-corrected chi connectivity index (χ3v) is 3.31. The number of carbonyl (C=O) groups excluding carboxylic acids is 1. The minimum atomic E-state index is -0.580. The fraction of sp³-hybridized carbons (Fsp3) is 0.118. The molecule has 3 rings (SSSR count). The summed E-state index contributed by atoms with van der Waals surface area (Å²) in [5.41, 5.74) is 1.74. The lowest BCUT2D eigenvalue weighted by molar-refractivity contribution is 0.102. The Balaban J connectivity index is 1.81. The van der Waals surface area contributed by atoms with Crippen LogP contribution in [0.5, 0.6) is 5.75 Å². The van der Waals surface area contributed by atoms with E-state index in [1.807, 2.05) is 12.1 Å². The number of anilines is 1. The smallest absolute Gasteiger partial charge is 0.260 e. The van der Waals surface area contributed by atoms with Crippen molar-refractivity contribution in [3.63, 3.8) is 0 Å². The van der Waals surface area contributed by atoms with Crippen molar-refractivity contribution in [1.29, 1.82) is 0 Å². The van der Waals surface area contributed by atoms with Gasteiger partial charge in [0.1, 0.15) is 0 Å². The van der Waals surface area contributed by atoms with E-state index in [2.05, 4.69) is 20.5 Å². The summed E-state index contributed by atoms with van der Waals surface area (Å²) in [7, 11) is 0. The summed E-state index contributed by atoms with van der Waals surface area (Å²) in [6, 6.07) is 9.53.